The molecule has 0 saturated carbocycles. The Kier molecular flexibility index (Phi) is 3.91. The summed E-state index contributed by atoms with van der Waals surface area (Å²) in [5.41, 5.74) is 0.639. The minimum absolute atomic E-state index is 0.0726. The summed E-state index contributed by atoms with van der Waals surface area (Å²) in [7, 11) is 0. The minimum atomic E-state index is -0.419. The lowest BCUT2D eigenvalue weighted by Crippen LogP contribution is -1.93. The lowest BCUT2D eigenvalue weighted by Gasteiger charge is -2.02. The monoisotopic (exact) mass is 213 g/mol. The molecule has 0 saturated heterocycles. The molecule has 76 valence electrons. The first-order chi connectivity index (χ1) is 6.69. The van der Waals surface area contributed by atoms with Crippen LogP contribution in [0.4, 0.5) is 5.69 Å². The van der Waals surface area contributed by atoms with E-state index in [1.165, 1.54) is 17.8 Å². The predicted octanol–water partition coefficient (Wildman–Crippen LogP) is 2.20. The quantitative estimate of drug-likeness (QED) is 0.473. The summed E-state index contributed by atoms with van der Waals surface area (Å²) in [5.74, 6) is 0.791. The van der Waals surface area contributed by atoms with Crippen LogP contribution in [-0.2, 0) is 6.61 Å². The topological polar surface area (TPSA) is 63.4 Å². The largest absolute Gasteiger partial charge is 0.392 e. The molecule has 5 heteroatoms. The van der Waals surface area contributed by atoms with Gasteiger partial charge in [0.25, 0.3) is 5.69 Å². The molecule has 0 atom stereocenters. The molecular formula is C9H11NO3S. The molecular weight excluding hydrogens is 202 g/mol. The molecule has 0 heterocycles. The summed E-state index contributed by atoms with van der Waals surface area (Å²) in [6, 6.07) is 4.79. The Balaban J connectivity index is 3.10. The number of nitro benzene ring substituents is 1. The second-order valence-corrected chi connectivity index (χ2v) is 3.96. The first kappa shape index (κ1) is 11.0. The van der Waals surface area contributed by atoms with Crippen molar-refractivity contribution in [2.75, 3.05) is 5.75 Å². The number of hydrogen-bond donors (Lipinski definition) is 1. The maximum atomic E-state index is 10.7. The molecule has 4 nitrogen and oxygen atoms in total. The van der Waals surface area contributed by atoms with Crippen LogP contribution in [0.2, 0.25) is 0 Å². The van der Waals surface area contributed by atoms with Crippen molar-refractivity contribution in [1.82, 2.24) is 0 Å². The van der Waals surface area contributed by atoms with Gasteiger partial charge in [-0.2, -0.15) is 0 Å². The molecule has 14 heavy (non-hydrogen) atoms. The van der Waals surface area contributed by atoms with Crippen LogP contribution in [0.1, 0.15) is 12.5 Å². The van der Waals surface area contributed by atoms with E-state index in [-0.39, 0.29) is 12.3 Å². The summed E-state index contributed by atoms with van der Waals surface area (Å²) in [5, 5.41) is 19.5. The van der Waals surface area contributed by atoms with Gasteiger partial charge in [-0.15, -0.1) is 11.8 Å². The molecule has 1 aromatic carbocycles. The van der Waals surface area contributed by atoms with E-state index in [0.29, 0.717) is 10.5 Å². The molecule has 0 amide bonds. The summed E-state index contributed by atoms with van der Waals surface area (Å²) < 4.78 is 0. The van der Waals surface area contributed by atoms with Gasteiger partial charge in [0.15, 0.2) is 0 Å². The van der Waals surface area contributed by atoms with Crippen molar-refractivity contribution in [3.8, 4) is 0 Å². The highest BCUT2D eigenvalue weighted by atomic mass is 32.2. The zero-order valence-corrected chi connectivity index (χ0v) is 8.58. The molecule has 0 aliphatic heterocycles. The Bertz CT molecular complexity index is 341. The normalized spacial score (nSPS) is 10.1. The lowest BCUT2D eigenvalue weighted by atomic mass is 10.2. The number of nitrogens with zero attached hydrogens (tertiary/aromatic N) is 1. The second kappa shape index (κ2) is 4.97. The zero-order valence-electron chi connectivity index (χ0n) is 7.77. The van der Waals surface area contributed by atoms with E-state index in [2.05, 4.69) is 0 Å². The van der Waals surface area contributed by atoms with Crippen molar-refractivity contribution < 1.29 is 10.0 Å². The van der Waals surface area contributed by atoms with Crippen molar-refractivity contribution in [3.05, 3.63) is 33.9 Å². The highest BCUT2D eigenvalue weighted by molar-refractivity contribution is 7.99. The summed E-state index contributed by atoms with van der Waals surface area (Å²) in [6.07, 6.45) is 0. The first-order valence-corrected chi connectivity index (χ1v) is 5.18. The van der Waals surface area contributed by atoms with Gasteiger partial charge in [-0.3, -0.25) is 10.1 Å². The van der Waals surface area contributed by atoms with Crippen LogP contribution in [0.3, 0.4) is 0 Å². The molecule has 0 aromatic heterocycles. The van der Waals surface area contributed by atoms with Crippen LogP contribution in [0.15, 0.2) is 23.1 Å². The maximum absolute atomic E-state index is 10.7. The Morgan fingerprint density at radius 2 is 2.29 bits per heavy atom. The van der Waals surface area contributed by atoms with Crippen LogP contribution in [-0.4, -0.2) is 15.8 Å². The third-order valence-corrected chi connectivity index (χ3v) is 2.65. The van der Waals surface area contributed by atoms with Gasteiger partial charge in [0.1, 0.15) is 0 Å². The maximum Gasteiger partial charge on any atom is 0.283 e. The average Bonchev–Trinajstić information content (AvgIpc) is 2.18. The fourth-order valence-electron chi connectivity index (χ4n) is 1.08. The van der Waals surface area contributed by atoms with E-state index < -0.39 is 4.92 Å². The van der Waals surface area contributed by atoms with Crippen molar-refractivity contribution >= 4 is 17.4 Å². The van der Waals surface area contributed by atoms with Crippen molar-refractivity contribution in [1.29, 1.82) is 0 Å². The van der Waals surface area contributed by atoms with E-state index >= 15 is 0 Å². The molecule has 0 unspecified atom stereocenters. The van der Waals surface area contributed by atoms with E-state index in [0.717, 1.165) is 5.75 Å². The Morgan fingerprint density at radius 3 is 2.79 bits per heavy atom. The van der Waals surface area contributed by atoms with Crippen LogP contribution >= 0.6 is 11.8 Å². The van der Waals surface area contributed by atoms with E-state index in [1.807, 2.05) is 6.92 Å². The van der Waals surface area contributed by atoms with Crippen LogP contribution in [0.5, 0.6) is 0 Å². The smallest absolute Gasteiger partial charge is 0.283 e. The predicted molar refractivity (Wildman–Crippen MR) is 55.4 cm³/mol. The summed E-state index contributed by atoms with van der Waals surface area (Å²) in [4.78, 5) is 10.9. The molecule has 1 rings (SSSR count). The molecule has 1 aromatic rings. The zero-order chi connectivity index (χ0) is 10.6. The number of benzene rings is 1. The summed E-state index contributed by atoms with van der Waals surface area (Å²) in [6.45, 7) is 1.77. The fraction of sp³-hybridized carbons (Fsp3) is 0.333. The highest BCUT2D eigenvalue weighted by Gasteiger charge is 2.13. The fourth-order valence-corrected chi connectivity index (χ4v) is 1.84. The second-order valence-electron chi connectivity index (χ2n) is 2.65. The van der Waals surface area contributed by atoms with Crippen molar-refractivity contribution in [2.24, 2.45) is 0 Å². The standard InChI is InChI=1S/C9H11NO3S/c1-2-14-9-4-3-7(6-11)5-8(9)10(12)13/h3-5,11H,2,6H2,1H3. The van der Waals surface area contributed by atoms with Crippen molar-refractivity contribution in [3.63, 3.8) is 0 Å². The SMILES string of the molecule is CCSc1ccc(CO)cc1[N+](=O)[O-]. The van der Waals surface area contributed by atoms with Gasteiger partial charge in [0.2, 0.25) is 0 Å². The van der Waals surface area contributed by atoms with Gasteiger partial charge in [-0.1, -0.05) is 13.0 Å². The average molecular weight is 213 g/mol. The molecule has 0 spiro atoms. The Labute approximate surface area is 86.1 Å². The summed E-state index contributed by atoms with van der Waals surface area (Å²) >= 11 is 1.43. The first-order valence-electron chi connectivity index (χ1n) is 4.20. The minimum Gasteiger partial charge on any atom is -0.392 e. The lowest BCUT2D eigenvalue weighted by molar-refractivity contribution is -0.387. The van der Waals surface area contributed by atoms with Crippen LogP contribution < -0.4 is 0 Å². The Morgan fingerprint density at radius 1 is 1.57 bits per heavy atom. The van der Waals surface area contributed by atoms with E-state index in [4.69, 9.17) is 5.11 Å². The van der Waals surface area contributed by atoms with Gasteiger partial charge in [0.05, 0.1) is 16.4 Å². The molecule has 1 N–H and O–H groups in total. The number of nitro groups is 1. The Hall–Kier alpha value is -1.07. The van der Waals surface area contributed by atoms with Crippen molar-refractivity contribution in [2.45, 2.75) is 18.4 Å². The number of aliphatic hydroxyl groups excluding tert-OH is 1. The van der Waals surface area contributed by atoms with Gasteiger partial charge >= 0.3 is 0 Å². The van der Waals surface area contributed by atoms with Gasteiger partial charge in [-0.25, -0.2) is 0 Å². The third-order valence-electron chi connectivity index (χ3n) is 1.70. The van der Waals surface area contributed by atoms with Gasteiger partial charge < -0.3 is 5.11 Å². The van der Waals surface area contributed by atoms with Gasteiger partial charge in [-0.05, 0) is 17.4 Å². The third kappa shape index (κ3) is 2.46. The van der Waals surface area contributed by atoms with Crippen LogP contribution in [0, 0.1) is 10.1 Å². The number of thioether (sulfide) groups is 1. The number of rotatable bonds is 4. The highest BCUT2D eigenvalue weighted by Crippen LogP contribution is 2.29. The van der Waals surface area contributed by atoms with Gasteiger partial charge in [0, 0.05) is 6.07 Å². The molecule has 0 aliphatic carbocycles. The van der Waals surface area contributed by atoms with E-state index in [9.17, 15) is 10.1 Å². The number of aliphatic hydroxyl groups is 1. The molecule has 0 radical (unpaired) electrons. The molecule has 0 bridgehead atoms. The molecule has 0 aliphatic rings. The van der Waals surface area contributed by atoms with Crippen LogP contribution in [0.25, 0.3) is 0 Å². The number of hydrogen-bond acceptors (Lipinski definition) is 4. The van der Waals surface area contributed by atoms with E-state index in [1.54, 1.807) is 12.1 Å². The molecule has 0 fully saturated rings.